The molecule has 0 saturated carbocycles. The molecule has 0 unspecified atom stereocenters. The lowest BCUT2D eigenvalue weighted by Gasteiger charge is -2.17. The van der Waals surface area contributed by atoms with E-state index in [1.54, 1.807) is 23.3 Å². The summed E-state index contributed by atoms with van der Waals surface area (Å²) in [6.45, 7) is 2.48. The molecule has 0 spiro atoms. The van der Waals surface area contributed by atoms with Gasteiger partial charge in [-0.05, 0) is 36.1 Å². The van der Waals surface area contributed by atoms with Gasteiger partial charge in [-0.25, -0.2) is 0 Å². The van der Waals surface area contributed by atoms with Crippen LogP contribution in [0.4, 0.5) is 24.5 Å². The Morgan fingerprint density at radius 3 is 2.59 bits per heavy atom. The third kappa shape index (κ3) is 5.43. The monoisotopic (exact) mass is 401 g/mol. The molecule has 1 heterocycles. The predicted octanol–water partition coefficient (Wildman–Crippen LogP) is 4.44. The topological polar surface area (TPSA) is 75.5 Å². The van der Waals surface area contributed by atoms with E-state index in [9.17, 15) is 28.1 Å². The molecule has 0 aliphatic rings. The van der Waals surface area contributed by atoms with Gasteiger partial charge in [-0.15, -0.1) is 11.3 Å². The third-order valence-corrected chi connectivity index (χ3v) is 4.96. The minimum atomic E-state index is -4.66. The van der Waals surface area contributed by atoms with Gasteiger partial charge >= 0.3 is 6.18 Å². The van der Waals surface area contributed by atoms with E-state index in [1.807, 2.05) is 18.4 Å². The molecule has 1 amide bonds. The maximum Gasteiger partial charge on any atom is 0.416 e. The number of carbonyl (C=O) groups is 1. The molecule has 6 nitrogen and oxygen atoms in total. The van der Waals surface area contributed by atoms with Gasteiger partial charge in [0.2, 0.25) is 5.91 Å². The number of aryl methyl sites for hydroxylation is 1. The number of amides is 1. The van der Waals surface area contributed by atoms with Crippen LogP contribution in [0.2, 0.25) is 0 Å². The van der Waals surface area contributed by atoms with Gasteiger partial charge < -0.3 is 10.2 Å². The lowest BCUT2D eigenvalue weighted by molar-refractivity contribution is -0.384. The lowest BCUT2D eigenvalue weighted by Crippen LogP contribution is -2.27. The molecule has 2 aromatic rings. The first-order valence-corrected chi connectivity index (χ1v) is 8.84. The van der Waals surface area contributed by atoms with Crippen LogP contribution < -0.4 is 5.32 Å². The first-order valence-electron chi connectivity index (χ1n) is 7.96. The smallest absolute Gasteiger partial charge is 0.379 e. The summed E-state index contributed by atoms with van der Waals surface area (Å²) in [5, 5.41) is 15.7. The average Bonchev–Trinajstić information content (AvgIpc) is 2.98. The highest BCUT2D eigenvalue weighted by Gasteiger charge is 2.33. The highest BCUT2D eigenvalue weighted by atomic mass is 32.1. The van der Waals surface area contributed by atoms with Crippen LogP contribution >= 0.6 is 11.3 Å². The fourth-order valence-corrected chi connectivity index (χ4v) is 3.33. The SMILES string of the molecule is Cc1ccsc1CN(C)C(=O)CCNc1ccc(C(F)(F)F)cc1[N+](=O)[O-]. The zero-order valence-electron chi connectivity index (χ0n) is 14.7. The van der Waals surface area contributed by atoms with E-state index in [0.717, 1.165) is 22.6 Å². The molecule has 1 aromatic carbocycles. The molecule has 0 saturated heterocycles. The molecule has 0 atom stereocenters. The molecule has 0 aliphatic heterocycles. The van der Waals surface area contributed by atoms with Crippen LogP contribution in [0.15, 0.2) is 29.6 Å². The number of nitrogens with one attached hydrogen (secondary N) is 1. The molecule has 0 aliphatic carbocycles. The number of hydrogen-bond donors (Lipinski definition) is 1. The Kier molecular flexibility index (Phi) is 6.42. The van der Waals surface area contributed by atoms with E-state index in [2.05, 4.69) is 5.32 Å². The second-order valence-corrected chi connectivity index (χ2v) is 6.94. The van der Waals surface area contributed by atoms with Crippen LogP contribution in [0.5, 0.6) is 0 Å². The predicted molar refractivity (Wildman–Crippen MR) is 96.7 cm³/mol. The second-order valence-electron chi connectivity index (χ2n) is 5.94. The number of nitro groups is 1. The molecule has 0 fully saturated rings. The van der Waals surface area contributed by atoms with Crippen LogP contribution in [0.25, 0.3) is 0 Å². The van der Waals surface area contributed by atoms with Gasteiger partial charge in [0.1, 0.15) is 5.69 Å². The Morgan fingerprint density at radius 2 is 2.04 bits per heavy atom. The lowest BCUT2D eigenvalue weighted by atomic mass is 10.1. The summed E-state index contributed by atoms with van der Waals surface area (Å²) in [7, 11) is 1.65. The summed E-state index contributed by atoms with van der Waals surface area (Å²) < 4.78 is 38.1. The number of nitrogens with zero attached hydrogens (tertiary/aromatic N) is 2. The van der Waals surface area contributed by atoms with Crippen molar-refractivity contribution in [2.75, 3.05) is 18.9 Å². The van der Waals surface area contributed by atoms with Crippen LogP contribution in [0.3, 0.4) is 0 Å². The number of rotatable bonds is 7. The fraction of sp³-hybridized carbons (Fsp3) is 0.353. The van der Waals surface area contributed by atoms with Crippen molar-refractivity contribution in [1.82, 2.24) is 4.90 Å². The minimum absolute atomic E-state index is 0.0547. The number of carbonyl (C=O) groups excluding carboxylic acids is 1. The van der Waals surface area contributed by atoms with E-state index < -0.39 is 22.4 Å². The number of thiophene rings is 1. The van der Waals surface area contributed by atoms with Gasteiger partial charge in [-0.1, -0.05) is 0 Å². The van der Waals surface area contributed by atoms with Crippen molar-refractivity contribution in [2.45, 2.75) is 26.1 Å². The standard InChI is InChI=1S/C17H18F3N3O3S/c1-11-6-8-27-15(11)10-22(2)16(24)5-7-21-13-4-3-12(17(18,19)20)9-14(13)23(25)26/h3-4,6,8-9,21H,5,7,10H2,1-2H3. The van der Waals surface area contributed by atoms with Crippen molar-refractivity contribution in [2.24, 2.45) is 0 Å². The zero-order valence-corrected chi connectivity index (χ0v) is 15.5. The highest BCUT2D eigenvalue weighted by molar-refractivity contribution is 7.10. The van der Waals surface area contributed by atoms with Crippen molar-refractivity contribution < 1.29 is 22.9 Å². The van der Waals surface area contributed by atoms with Gasteiger partial charge in [0.05, 0.1) is 17.0 Å². The average molecular weight is 401 g/mol. The zero-order chi connectivity index (χ0) is 20.2. The molecule has 0 radical (unpaired) electrons. The van der Waals surface area contributed by atoms with Gasteiger partial charge in [0, 0.05) is 31.0 Å². The van der Waals surface area contributed by atoms with E-state index >= 15 is 0 Å². The number of alkyl halides is 3. The number of halogens is 3. The van der Waals surface area contributed by atoms with Crippen molar-refractivity contribution >= 4 is 28.6 Å². The van der Waals surface area contributed by atoms with Crippen molar-refractivity contribution in [3.05, 3.63) is 55.8 Å². The summed E-state index contributed by atoms with van der Waals surface area (Å²) in [4.78, 5) is 24.9. The van der Waals surface area contributed by atoms with Crippen molar-refractivity contribution in [1.29, 1.82) is 0 Å². The van der Waals surface area contributed by atoms with Crippen LogP contribution in [-0.4, -0.2) is 29.3 Å². The Hall–Kier alpha value is -2.62. The molecule has 1 aromatic heterocycles. The van der Waals surface area contributed by atoms with E-state index in [1.165, 1.54) is 0 Å². The molecular formula is C17H18F3N3O3S. The quantitative estimate of drug-likeness (QED) is 0.550. The Bertz CT molecular complexity index is 836. The molecule has 2 rings (SSSR count). The Labute approximate surface area is 157 Å². The Morgan fingerprint density at radius 1 is 1.33 bits per heavy atom. The fourth-order valence-electron chi connectivity index (χ4n) is 2.37. The van der Waals surface area contributed by atoms with Crippen LogP contribution in [-0.2, 0) is 17.5 Å². The number of hydrogen-bond acceptors (Lipinski definition) is 5. The third-order valence-electron chi connectivity index (χ3n) is 3.95. The molecular weight excluding hydrogens is 383 g/mol. The number of benzene rings is 1. The van der Waals surface area contributed by atoms with Crippen LogP contribution in [0.1, 0.15) is 22.4 Å². The first-order chi connectivity index (χ1) is 12.6. The molecule has 27 heavy (non-hydrogen) atoms. The maximum atomic E-state index is 12.7. The molecule has 146 valence electrons. The minimum Gasteiger partial charge on any atom is -0.379 e. The van der Waals surface area contributed by atoms with Gasteiger partial charge in [-0.3, -0.25) is 14.9 Å². The highest BCUT2D eigenvalue weighted by Crippen LogP contribution is 2.34. The maximum absolute atomic E-state index is 12.7. The van der Waals surface area contributed by atoms with E-state index in [0.29, 0.717) is 12.6 Å². The number of anilines is 1. The molecule has 10 heteroatoms. The van der Waals surface area contributed by atoms with Crippen molar-refractivity contribution in [3.63, 3.8) is 0 Å². The molecule has 1 N–H and O–H groups in total. The summed E-state index contributed by atoms with van der Waals surface area (Å²) in [5.74, 6) is -0.176. The first kappa shape index (κ1) is 20.7. The van der Waals surface area contributed by atoms with Crippen molar-refractivity contribution in [3.8, 4) is 0 Å². The largest absolute Gasteiger partial charge is 0.416 e. The van der Waals surface area contributed by atoms with Gasteiger partial charge in [-0.2, -0.15) is 13.2 Å². The van der Waals surface area contributed by atoms with E-state index in [-0.39, 0.29) is 24.6 Å². The number of nitro benzene ring substituents is 1. The van der Waals surface area contributed by atoms with Gasteiger partial charge in [0.15, 0.2) is 0 Å². The van der Waals surface area contributed by atoms with Gasteiger partial charge in [0.25, 0.3) is 5.69 Å². The summed E-state index contributed by atoms with van der Waals surface area (Å²) in [6.07, 6.45) is -4.61. The second kappa shape index (κ2) is 8.38. The summed E-state index contributed by atoms with van der Waals surface area (Å²) in [6, 6.07) is 4.21. The summed E-state index contributed by atoms with van der Waals surface area (Å²) in [5.41, 5.74) is -0.738. The van der Waals surface area contributed by atoms with Crippen LogP contribution in [0, 0.1) is 17.0 Å². The normalized spacial score (nSPS) is 11.3. The Balaban J connectivity index is 1.97. The van der Waals surface area contributed by atoms with E-state index in [4.69, 9.17) is 0 Å². The summed E-state index contributed by atoms with van der Waals surface area (Å²) >= 11 is 1.55. The molecule has 0 bridgehead atoms.